The molecule has 0 heterocycles. The van der Waals surface area contributed by atoms with Crippen LogP contribution in [0.3, 0.4) is 0 Å². The molecule has 0 spiro atoms. The Morgan fingerprint density at radius 3 is 1.55 bits per heavy atom. The Kier molecular flexibility index (Phi) is 14.7. The third kappa shape index (κ3) is 15.6. The first-order valence-electron chi connectivity index (χ1n) is 13.2. The van der Waals surface area contributed by atoms with Gasteiger partial charge in [0.2, 0.25) is 0 Å². The van der Waals surface area contributed by atoms with Gasteiger partial charge in [-0.2, -0.15) is 48.3 Å². The number of ether oxygens (including phenoxy) is 5. The van der Waals surface area contributed by atoms with Gasteiger partial charge in [-0.1, -0.05) is 6.92 Å². The number of alkyl halides is 9. The molecule has 0 saturated heterocycles. The summed E-state index contributed by atoms with van der Waals surface area (Å²) in [5, 5.41) is 0. The topological polar surface area (TPSA) is 80.3 Å². The van der Waals surface area contributed by atoms with E-state index in [0.717, 1.165) is 41.5 Å². The van der Waals surface area contributed by atoms with Crippen molar-refractivity contribution < 1.29 is 81.6 Å². The van der Waals surface area contributed by atoms with Crippen molar-refractivity contribution in [1.29, 1.82) is 0 Å². The van der Waals surface area contributed by atoms with E-state index in [1.54, 1.807) is 0 Å². The van der Waals surface area contributed by atoms with Crippen LogP contribution in [-0.2, 0) is 33.3 Å². The first-order chi connectivity index (χ1) is 19.4. The Labute approximate surface area is 248 Å². The van der Waals surface area contributed by atoms with Gasteiger partial charge < -0.3 is 23.7 Å². The fraction of sp³-hybridized carbons (Fsp3) is 0.923. The van der Waals surface area contributed by atoms with Crippen molar-refractivity contribution >= 4 is 12.1 Å². The molecule has 0 aromatic carbocycles. The van der Waals surface area contributed by atoms with Gasteiger partial charge in [0.1, 0.15) is 5.92 Å². The highest BCUT2D eigenvalue weighted by atomic mass is 19.4. The largest absolute Gasteiger partial charge is 0.440 e. The molecule has 0 saturated carbocycles. The van der Waals surface area contributed by atoms with E-state index in [2.05, 4.69) is 4.74 Å². The molecule has 0 N–H and O–H groups in total. The van der Waals surface area contributed by atoms with E-state index in [0.29, 0.717) is 0 Å². The second-order valence-corrected chi connectivity index (χ2v) is 12.2. The predicted molar refractivity (Wildman–Crippen MR) is 131 cm³/mol. The van der Waals surface area contributed by atoms with Crippen LogP contribution in [0.2, 0.25) is 0 Å². The maximum atomic E-state index is 13.9. The fourth-order valence-electron chi connectivity index (χ4n) is 3.86. The molecule has 7 nitrogen and oxygen atoms in total. The van der Waals surface area contributed by atoms with Crippen LogP contribution in [0.5, 0.6) is 0 Å². The number of hydrogen-bond acceptors (Lipinski definition) is 7. The molecule has 0 amide bonds. The molecule has 0 aliphatic heterocycles. The SMILES string of the molecule is CCC(C)(CC(=O)F)OCC(C(F)(F)F)C(C)(C)OCOC(OC(C)(C)CC(OC(C)(C)CC(=O)F)C(F)(F)F)C(F)(F)F. The molecule has 0 aliphatic rings. The number of carbonyl (C=O) groups excluding carboxylic acids is 2. The van der Waals surface area contributed by atoms with Crippen molar-refractivity contribution in [2.24, 2.45) is 5.92 Å². The van der Waals surface area contributed by atoms with Gasteiger partial charge in [0, 0.05) is 6.42 Å². The molecular weight excluding hydrogens is 633 g/mol. The van der Waals surface area contributed by atoms with Crippen molar-refractivity contribution in [3.05, 3.63) is 0 Å². The molecule has 0 aromatic rings. The van der Waals surface area contributed by atoms with E-state index in [-0.39, 0.29) is 6.42 Å². The third-order valence-corrected chi connectivity index (χ3v) is 6.51. The lowest BCUT2D eigenvalue weighted by molar-refractivity contribution is -0.364. The van der Waals surface area contributed by atoms with E-state index >= 15 is 0 Å². The van der Waals surface area contributed by atoms with E-state index < -0.39 is 104 Å². The average molecular weight is 673 g/mol. The minimum Gasteiger partial charge on any atom is -0.374 e. The van der Waals surface area contributed by atoms with Crippen LogP contribution in [-0.4, -0.2) is 78.8 Å². The van der Waals surface area contributed by atoms with Gasteiger partial charge in [0.25, 0.3) is 6.29 Å². The van der Waals surface area contributed by atoms with Crippen LogP contribution < -0.4 is 0 Å². The highest BCUT2D eigenvalue weighted by molar-refractivity contribution is 5.69. The fourth-order valence-corrected chi connectivity index (χ4v) is 3.86. The quantitative estimate of drug-likeness (QED) is 0.0791. The molecule has 44 heavy (non-hydrogen) atoms. The molecule has 0 rings (SSSR count). The van der Waals surface area contributed by atoms with Gasteiger partial charge in [0.05, 0.1) is 41.9 Å². The lowest BCUT2D eigenvalue weighted by atomic mass is 9.90. The minimum atomic E-state index is -5.41. The summed E-state index contributed by atoms with van der Waals surface area (Å²) >= 11 is 0. The summed E-state index contributed by atoms with van der Waals surface area (Å²) in [6, 6.07) is -3.83. The molecule has 4 unspecified atom stereocenters. The number of rotatable bonds is 19. The van der Waals surface area contributed by atoms with Crippen molar-refractivity contribution in [2.45, 2.75) is 134 Å². The summed E-state index contributed by atoms with van der Waals surface area (Å²) in [5.74, 6) is -2.52. The minimum absolute atomic E-state index is 0.0657. The number of carbonyl (C=O) groups is 2. The molecule has 0 bridgehead atoms. The summed E-state index contributed by atoms with van der Waals surface area (Å²) in [7, 11) is 0. The smallest absolute Gasteiger partial charge is 0.374 e. The molecular formula is C26H39F11O7. The standard InChI is InChI=1S/C26H39F11O7/c1-9-23(8,12-18(28)39)41-13-15(24(29,30)31)22(6,7)42-14-40-19(26(35,36)37)44-20(2,3)10-16(25(32,33)34)43-21(4,5)11-17(27)38/h15-16,19H,9-14H2,1-8H3. The zero-order chi connectivity index (χ0) is 35.2. The van der Waals surface area contributed by atoms with Gasteiger partial charge >= 0.3 is 30.6 Å². The molecule has 0 fully saturated rings. The maximum absolute atomic E-state index is 13.9. The van der Waals surface area contributed by atoms with Crippen molar-refractivity contribution in [1.82, 2.24) is 0 Å². The third-order valence-electron chi connectivity index (χ3n) is 6.51. The second kappa shape index (κ2) is 15.3. The molecule has 262 valence electrons. The first kappa shape index (κ1) is 42.4. The predicted octanol–water partition coefficient (Wildman–Crippen LogP) is 7.69. The highest BCUT2D eigenvalue weighted by Gasteiger charge is 2.53. The molecule has 18 heteroatoms. The Hall–Kier alpha value is -1.63. The highest BCUT2D eigenvalue weighted by Crippen LogP contribution is 2.40. The van der Waals surface area contributed by atoms with E-state index in [1.165, 1.54) is 13.8 Å². The van der Waals surface area contributed by atoms with Gasteiger partial charge in [0.15, 0.2) is 12.9 Å². The van der Waals surface area contributed by atoms with Crippen molar-refractivity contribution in [3.63, 3.8) is 0 Å². The van der Waals surface area contributed by atoms with E-state index in [9.17, 15) is 57.9 Å². The van der Waals surface area contributed by atoms with E-state index in [4.69, 9.17) is 18.9 Å². The van der Waals surface area contributed by atoms with Crippen LogP contribution in [0.25, 0.3) is 0 Å². The molecule has 0 aromatic heterocycles. The second-order valence-electron chi connectivity index (χ2n) is 12.2. The lowest BCUT2D eigenvalue weighted by Crippen LogP contribution is -2.50. The van der Waals surface area contributed by atoms with Gasteiger partial charge in [-0.15, -0.1) is 0 Å². The van der Waals surface area contributed by atoms with Crippen LogP contribution >= 0.6 is 0 Å². The zero-order valence-corrected chi connectivity index (χ0v) is 25.5. The van der Waals surface area contributed by atoms with Gasteiger partial charge in [-0.3, -0.25) is 9.59 Å². The summed E-state index contributed by atoms with van der Waals surface area (Å²) in [4.78, 5) is 21.6. The lowest BCUT2D eigenvalue weighted by Gasteiger charge is -2.39. The molecule has 0 aliphatic carbocycles. The Bertz CT molecular complexity index is 931. The monoisotopic (exact) mass is 672 g/mol. The summed E-state index contributed by atoms with van der Waals surface area (Å²) in [6.45, 7) is 5.21. The zero-order valence-electron chi connectivity index (χ0n) is 25.5. The molecule has 4 atom stereocenters. The van der Waals surface area contributed by atoms with Crippen molar-refractivity contribution in [2.75, 3.05) is 13.4 Å². The van der Waals surface area contributed by atoms with Crippen LogP contribution in [0.4, 0.5) is 48.3 Å². The van der Waals surface area contributed by atoms with Crippen molar-refractivity contribution in [3.8, 4) is 0 Å². The van der Waals surface area contributed by atoms with E-state index in [1.807, 2.05) is 0 Å². The Morgan fingerprint density at radius 1 is 0.659 bits per heavy atom. The van der Waals surface area contributed by atoms with Crippen LogP contribution in [0.1, 0.15) is 81.1 Å². The number of hydrogen-bond donors (Lipinski definition) is 0. The average Bonchev–Trinajstić information content (AvgIpc) is 2.73. The van der Waals surface area contributed by atoms with Gasteiger partial charge in [-0.25, -0.2) is 0 Å². The van der Waals surface area contributed by atoms with Gasteiger partial charge in [-0.05, 0) is 54.9 Å². The Morgan fingerprint density at radius 2 is 1.16 bits per heavy atom. The first-order valence-corrected chi connectivity index (χ1v) is 13.2. The Balaban J connectivity index is 5.78. The maximum Gasteiger partial charge on any atom is 0.440 e. The van der Waals surface area contributed by atoms with Crippen LogP contribution in [0.15, 0.2) is 0 Å². The van der Waals surface area contributed by atoms with Crippen LogP contribution in [0, 0.1) is 5.92 Å². The summed E-state index contributed by atoms with van der Waals surface area (Å²) in [5.41, 5.74) is -8.30. The molecule has 0 radical (unpaired) electrons. The number of halogens is 11. The summed E-state index contributed by atoms with van der Waals surface area (Å²) < 4.78 is 174. The normalized spacial score (nSPS) is 17.6. The summed E-state index contributed by atoms with van der Waals surface area (Å²) in [6.07, 6.45) is -25.1.